The van der Waals surface area contributed by atoms with Gasteiger partial charge < -0.3 is 9.88 Å². The van der Waals surface area contributed by atoms with E-state index < -0.39 is 0 Å². The number of nitrogens with one attached hydrogen (secondary N) is 1. The van der Waals surface area contributed by atoms with Gasteiger partial charge in [0.05, 0.1) is 0 Å². The van der Waals surface area contributed by atoms with E-state index in [1.807, 2.05) is 22.9 Å². The Balaban J connectivity index is 2.22. The molecule has 0 aliphatic rings. The van der Waals surface area contributed by atoms with Gasteiger partial charge in [-0.3, -0.25) is 0 Å². The molecule has 0 aliphatic heterocycles. The van der Waals surface area contributed by atoms with Gasteiger partial charge in [-0.05, 0) is 38.1 Å². The molecule has 0 unspecified atom stereocenters. The zero-order valence-corrected chi connectivity index (χ0v) is 8.66. The Morgan fingerprint density at radius 3 is 3.07 bits per heavy atom. The second-order valence-electron chi connectivity index (χ2n) is 3.30. The molecule has 3 nitrogen and oxygen atoms in total. The van der Waals surface area contributed by atoms with E-state index in [1.54, 1.807) is 0 Å². The van der Waals surface area contributed by atoms with Crippen LogP contribution >= 0.6 is 0 Å². The summed E-state index contributed by atoms with van der Waals surface area (Å²) in [5, 5.41) is 12.1. The van der Waals surface area contributed by atoms with Gasteiger partial charge in [0.1, 0.15) is 11.8 Å². The summed E-state index contributed by atoms with van der Waals surface area (Å²) in [5.74, 6) is 0. The van der Waals surface area contributed by atoms with Crippen LogP contribution in [0.5, 0.6) is 0 Å². The molecule has 1 heterocycles. The Bertz CT molecular complexity index is 296. The lowest BCUT2D eigenvalue weighted by atomic mass is 10.4. The van der Waals surface area contributed by atoms with Crippen molar-refractivity contribution in [1.29, 1.82) is 5.26 Å². The van der Waals surface area contributed by atoms with Gasteiger partial charge in [0.25, 0.3) is 0 Å². The molecule has 1 aromatic heterocycles. The molecule has 0 saturated carbocycles. The monoisotopic (exact) mass is 191 g/mol. The molecule has 0 atom stereocenters. The topological polar surface area (TPSA) is 40.8 Å². The number of hydrogen-bond donors (Lipinski definition) is 1. The lowest BCUT2D eigenvalue weighted by Crippen LogP contribution is -2.17. The van der Waals surface area contributed by atoms with E-state index in [9.17, 15) is 0 Å². The fraction of sp³-hybridized carbons (Fsp3) is 0.545. The van der Waals surface area contributed by atoms with Crippen LogP contribution in [-0.4, -0.2) is 17.7 Å². The van der Waals surface area contributed by atoms with Crippen molar-refractivity contribution < 1.29 is 0 Å². The molecular weight excluding hydrogens is 174 g/mol. The molecule has 0 aliphatic carbocycles. The second-order valence-corrected chi connectivity index (χ2v) is 3.30. The number of rotatable bonds is 6. The summed E-state index contributed by atoms with van der Waals surface area (Å²) in [6, 6.07) is 5.93. The van der Waals surface area contributed by atoms with E-state index in [1.165, 1.54) is 6.42 Å². The van der Waals surface area contributed by atoms with E-state index in [4.69, 9.17) is 5.26 Å². The molecule has 76 valence electrons. The normalized spacial score (nSPS) is 10.0. The third-order valence-electron chi connectivity index (χ3n) is 2.12. The Morgan fingerprint density at radius 1 is 1.50 bits per heavy atom. The Labute approximate surface area is 85.3 Å². The highest BCUT2D eigenvalue weighted by Gasteiger charge is 1.97. The summed E-state index contributed by atoms with van der Waals surface area (Å²) in [5.41, 5.74) is 0.750. The summed E-state index contributed by atoms with van der Waals surface area (Å²) in [7, 11) is 0. The lowest BCUT2D eigenvalue weighted by Gasteiger charge is -2.05. The fourth-order valence-electron chi connectivity index (χ4n) is 1.39. The van der Waals surface area contributed by atoms with Crippen molar-refractivity contribution >= 4 is 0 Å². The van der Waals surface area contributed by atoms with Crippen LogP contribution in [0, 0.1) is 11.3 Å². The first-order valence-electron chi connectivity index (χ1n) is 5.14. The molecule has 0 spiro atoms. The summed E-state index contributed by atoms with van der Waals surface area (Å²) >= 11 is 0. The first-order chi connectivity index (χ1) is 6.88. The van der Waals surface area contributed by atoms with E-state index in [0.717, 1.165) is 31.7 Å². The Kier molecular flexibility index (Phi) is 4.81. The van der Waals surface area contributed by atoms with Crippen LogP contribution in [0.15, 0.2) is 18.3 Å². The van der Waals surface area contributed by atoms with Gasteiger partial charge in [-0.15, -0.1) is 0 Å². The SMILES string of the molecule is CCCNCCCn1cccc1C#N. The maximum atomic E-state index is 8.76. The largest absolute Gasteiger partial charge is 0.339 e. The van der Waals surface area contributed by atoms with E-state index in [2.05, 4.69) is 18.3 Å². The molecule has 0 amide bonds. The number of nitrogens with zero attached hydrogens (tertiary/aromatic N) is 2. The van der Waals surface area contributed by atoms with Gasteiger partial charge in [-0.25, -0.2) is 0 Å². The molecular formula is C11H17N3. The van der Waals surface area contributed by atoms with Crippen molar-refractivity contribution in [3.63, 3.8) is 0 Å². The van der Waals surface area contributed by atoms with Crippen LogP contribution in [0.3, 0.4) is 0 Å². The minimum Gasteiger partial charge on any atom is -0.339 e. The molecule has 3 heteroatoms. The zero-order valence-electron chi connectivity index (χ0n) is 8.66. The van der Waals surface area contributed by atoms with Gasteiger partial charge in [-0.1, -0.05) is 6.92 Å². The summed E-state index contributed by atoms with van der Waals surface area (Å²) in [6.07, 6.45) is 4.20. The van der Waals surface area contributed by atoms with Crippen molar-refractivity contribution in [2.45, 2.75) is 26.3 Å². The van der Waals surface area contributed by atoms with Gasteiger partial charge in [0, 0.05) is 12.7 Å². The molecule has 0 bridgehead atoms. The molecule has 1 rings (SSSR count). The first kappa shape index (κ1) is 10.8. The van der Waals surface area contributed by atoms with Crippen molar-refractivity contribution in [2.75, 3.05) is 13.1 Å². The highest BCUT2D eigenvalue weighted by Crippen LogP contribution is 2.00. The van der Waals surface area contributed by atoms with Gasteiger partial charge >= 0.3 is 0 Å². The molecule has 0 radical (unpaired) electrons. The Morgan fingerprint density at radius 2 is 2.36 bits per heavy atom. The van der Waals surface area contributed by atoms with Crippen molar-refractivity contribution in [2.24, 2.45) is 0 Å². The molecule has 1 N–H and O–H groups in total. The van der Waals surface area contributed by atoms with Gasteiger partial charge in [0.2, 0.25) is 0 Å². The molecule has 1 aromatic rings. The minimum atomic E-state index is 0.750. The summed E-state index contributed by atoms with van der Waals surface area (Å²) in [6.45, 7) is 5.19. The molecule has 14 heavy (non-hydrogen) atoms. The highest BCUT2D eigenvalue weighted by atomic mass is 15.0. The molecule has 0 aromatic carbocycles. The maximum absolute atomic E-state index is 8.76. The van der Waals surface area contributed by atoms with Crippen LogP contribution in [0.2, 0.25) is 0 Å². The third-order valence-corrected chi connectivity index (χ3v) is 2.12. The lowest BCUT2D eigenvalue weighted by molar-refractivity contribution is 0.577. The van der Waals surface area contributed by atoms with Crippen molar-refractivity contribution in [1.82, 2.24) is 9.88 Å². The maximum Gasteiger partial charge on any atom is 0.120 e. The number of hydrogen-bond acceptors (Lipinski definition) is 2. The van der Waals surface area contributed by atoms with Crippen LogP contribution in [0.1, 0.15) is 25.5 Å². The molecule has 0 fully saturated rings. The van der Waals surface area contributed by atoms with E-state index >= 15 is 0 Å². The fourth-order valence-corrected chi connectivity index (χ4v) is 1.39. The summed E-state index contributed by atoms with van der Waals surface area (Å²) < 4.78 is 1.99. The van der Waals surface area contributed by atoms with Crippen molar-refractivity contribution in [3.05, 3.63) is 24.0 Å². The smallest absolute Gasteiger partial charge is 0.120 e. The molecule has 0 saturated heterocycles. The number of aromatic nitrogens is 1. The average Bonchev–Trinajstić information content (AvgIpc) is 2.65. The van der Waals surface area contributed by atoms with Crippen LogP contribution in [0.25, 0.3) is 0 Å². The summed E-state index contributed by atoms with van der Waals surface area (Å²) in [4.78, 5) is 0. The standard InChI is InChI=1S/C11H17N3/c1-2-6-13-7-4-9-14-8-3-5-11(14)10-12/h3,5,8,13H,2,4,6-7,9H2,1H3. The van der Waals surface area contributed by atoms with Crippen molar-refractivity contribution in [3.8, 4) is 6.07 Å². The predicted molar refractivity (Wildman–Crippen MR) is 56.9 cm³/mol. The predicted octanol–water partition coefficient (Wildman–Crippen LogP) is 1.75. The minimum absolute atomic E-state index is 0.750. The zero-order chi connectivity index (χ0) is 10.2. The Hall–Kier alpha value is -1.27. The second kappa shape index (κ2) is 6.22. The highest BCUT2D eigenvalue weighted by molar-refractivity contribution is 5.21. The number of aryl methyl sites for hydroxylation is 1. The van der Waals surface area contributed by atoms with E-state index in [-0.39, 0.29) is 0 Å². The van der Waals surface area contributed by atoms with Crippen LogP contribution in [0.4, 0.5) is 0 Å². The van der Waals surface area contributed by atoms with Crippen LogP contribution < -0.4 is 5.32 Å². The van der Waals surface area contributed by atoms with Gasteiger partial charge in [0.15, 0.2) is 0 Å². The van der Waals surface area contributed by atoms with Gasteiger partial charge in [-0.2, -0.15) is 5.26 Å². The van der Waals surface area contributed by atoms with Crippen LogP contribution in [-0.2, 0) is 6.54 Å². The average molecular weight is 191 g/mol. The van der Waals surface area contributed by atoms with E-state index in [0.29, 0.717) is 0 Å². The quantitative estimate of drug-likeness (QED) is 0.696. The third kappa shape index (κ3) is 3.23. The number of nitriles is 1. The first-order valence-corrected chi connectivity index (χ1v) is 5.14.